The molecule has 0 aliphatic heterocycles. The summed E-state index contributed by atoms with van der Waals surface area (Å²) in [6.45, 7) is 0. The zero-order valence-corrected chi connectivity index (χ0v) is 16.2. The van der Waals surface area contributed by atoms with Crippen molar-refractivity contribution in [2.24, 2.45) is 0 Å². The molecule has 4 aromatic rings. The topological polar surface area (TPSA) is 67.3 Å². The van der Waals surface area contributed by atoms with E-state index in [0.29, 0.717) is 22.2 Å². The molecule has 1 aromatic heterocycles. The first-order chi connectivity index (χ1) is 13.6. The smallest absolute Gasteiger partial charge is 0.223 e. The monoisotopic (exact) mass is 391 g/mol. The van der Waals surface area contributed by atoms with Crippen LogP contribution in [-0.2, 0) is 0 Å². The number of ether oxygens (including phenoxy) is 1. The van der Waals surface area contributed by atoms with Gasteiger partial charge in [-0.1, -0.05) is 35.9 Å². The second kappa shape index (κ2) is 7.37. The molecule has 1 heterocycles. The van der Waals surface area contributed by atoms with Crippen molar-refractivity contribution in [3.63, 3.8) is 0 Å². The number of halogens is 1. The fourth-order valence-electron chi connectivity index (χ4n) is 3.24. The Morgan fingerprint density at radius 2 is 1.79 bits per heavy atom. The first-order valence-electron chi connectivity index (χ1n) is 8.71. The maximum absolute atomic E-state index is 9.66. The normalized spacial score (nSPS) is 10.8. The molecule has 28 heavy (non-hydrogen) atoms. The number of hydrogen-bond acceptors (Lipinski definition) is 5. The summed E-state index contributed by atoms with van der Waals surface area (Å²) in [6, 6.07) is 16.7. The molecule has 0 spiro atoms. The van der Waals surface area contributed by atoms with E-state index in [1.807, 2.05) is 42.5 Å². The molecule has 0 aliphatic carbocycles. The number of aromatic hydroxyl groups is 1. The number of nitrogens with zero attached hydrogens (tertiary/aromatic N) is 2. The summed E-state index contributed by atoms with van der Waals surface area (Å²) in [5.74, 6) is 1.36. The number of aromatic nitrogens is 2. The molecular formula is C22H18ClN3O2. The van der Waals surface area contributed by atoms with Gasteiger partial charge in [0.2, 0.25) is 5.95 Å². The van der Waals surface area contributed by atoms with Gasteiger partial charge in [-0.15, -0.1) is 0 Å². The van der Waals surface area contributed by atoms with Crippen LogP contribution in [0.15, 0.2) is 60.8 Å². The van der Waals surface area contributed by atoms with Gasteiger partial charge in [-0.25, -0.2) is 9.97 Å². The SMILES string of the molecule is CNc1ncc2c(-c3cccc(Cl)c3)cc(-c3ccc(O)cc3)c(OC)c2n1. The van der Waals surface area contributed by atoms with Crippen LogP contribution in [0, 0.1) is 0 Å². The molecule has 0 radical (unpaired) electrons. The molecule has 5 nitrogen and oxygen atoms in total. The summed E-state index contributed by atoms with van der Waals surface area (Å²) >= 11 is 6.23. The zero-order valence-electron chi connectivity index (χ0n) is 15.4. The molecule has 0 bridgehead atoms. The summed E-state index contributed by atoms with van der Waals surface area (Å²) < 4.78 is 5.75. The predicted octanol–water partition coefficient (Wildman–Crippen LogP) is 5.37. The maximum Gasteiger partial charge on any atom is 0.223 e. The van der Waals surface area contributed by atoms with Crippen LogP contribution in [0.4, 0.5) is 5.95 Å². The summed E-state index contributed by atoms with van der Waals surface area (Å²) in [7, 11) is 3.40. The van der Waals surface area contributed by atoms with E-state index >= 15 is 0 Å². The molecule has 2 N–H and O–H groups in total. The first-order valence-corrected chi connectivity index (χ1v) is 9.09. The molecule has 0 fully saturated rings. The molecule has 0 saturated carbocycles. The minimum Gasteiger partial charge on any atom is -0.508 e. The van der Waals surface area contributed by atoms with Gasteiger partial charge in [0.1, 0.15) is 11.3 Å². The van der Waals surface area contributed by atoms with Crippen LogP contribution in [0.25, 0.3) is 33.2 Å². The molecule has 6 heteroatoms. The third-order valence-corrected chi connectivity index (χ3v) is 4.80. The van der Waals surface area contributed by atoms with Gasteiger partial charge >= 0.3 is 0 Å². The Hall–Kier alpha value is -3.31. The predicted molar refractivity (Wildman–Crippen MR) is 113 cm³/mol. The summed E-state index contributed by atoms with van der Waals surface area (Å²) in [4.78, 5) is 9.03. The minimum atomic E-state index is 0.207. The lowest BCUT2D eigenvalue weighted by Gasteiger charge is -2.16. The van der Waals surface area contributed by atoms with Crippen molar-refractivity contribution in [1.82, 2.24) is 9.97 Å². The number of nitrogens with one attached hydrogen (secondary N) is 1. The number of methoxy groups -OCH3 is 1. The molecule has 0 saturated heterocycles. The van der Waals surface area contributed by atoms with E-state index in [-0.39, 0.29) is 5.75 Å². The molecule has 3 aromatic carbocycles. The van der Waals surface area contributed by atoms with Gasteiger partial charge in [0, 0.05) is 29.2 Å². The zero-order chi connectivity index (χ0) is 19.7. The fraction of sp³-hybridized carbons (Fsp3) is 0.0909. The van der Waals surface area contributed by atoms with Gasteiger partial charge in [-0.3, -0.25) is 0 Å². The van der Waals surface area contributed by atoms with E-state index in [9.17, 15) is 5.11 Å². The number of fused-ring (bicyclic) bond motifs is 1. The van der Waals surface area contributed by atoms with E-state index in [1.54, 1.807) is 32.5 Å². The van der Waals surface area contributed by atoms with Gasteiger partial charge < -0.3 is 15.2 Å². The standard InChI is InChI=1S/C22H18ClN3O2/c1-24-22-25-12-19-17(14-4-3-5-15(23)10-14)11-18(21(28-2)20(19)26-22)13-6-8-16(27)9-7-13/h3-12,27H,1-2H3,(H,24,25,26). The first kappa shape index (κ1) is 18.1. The number of rotatable bonds is 4. The van der Waals surface area contributed by atoms with E-state index in [0.717, 1.165) is 27.6 Å². The Bertz CT molecular complexity index is 1160. The van der Waals surface area contributed by atoms with Crippen LogP contribution < -0.4 is 10.1 Å². The van der Waals surface area contributed by atoms with Gasteiger partial charge in [0.25, 0.3) is 0 Å². The highest BCUT2D eigenvalue weighted by Crippen LogP contribution is 2.42. The van der Waals surface area contributed by atoms with Crippen molar-refractivity contribution in [2.75, 3.05) is 19.5 Å². The van der Waals surface area contributed by atoms with Crippen LogP contribution in [0.5, 0.6) is 11.5 Å². The molecule has 140 valence electrons. The Kier molecular flexibility index (Phi) is 4.75. The number of anilines is 1. The van der Waals surface area contributed by atoms with Crippen molar-refractivity contribution < 1.29 is 9.84 Å². The molecule has 4 rings (SSSR count). The largest absolute Gasteiger partial charge is 0.508 e. The molecule has 0 aliphatic rings. The Morgan fingerprint density at radius 1 is 1.00 bits per heavy atom. The second-order valence-electron chi connectivity index (χ2n) is 6.27. The Labute approximate surface area is 167 Å². The van der Waals surface area contributed by atoms with Crippen molar-refractivity contribution in [2.45, 2.75) is 0 Å². The average molecular weight is 392 g/mol. The van der Waals surface area contributed by atoms with Gasteiger partial charge in [0.05, 0.1) is 7.11 Å². The molecule has 0 amide bonds. The van der Waals surface area contributed by atoms with Crippen LogP contribution in [-0.4, -0.2) is 29.2 Å². The highest BCUT2D eigenvalue weighted by Gasteiger charge is 2.18. The third kappa shape index (κ3) is 3.21. The van der Waals surface area contributed by atoms with E-state index < -0.39 is 0 Å². The summed E-state index contributed by atoms with van der Waals surface area (Å²) in [6.07, 6.45) is 1.79. The number of benzene rings is 3. The Morgan fingerprint density at radius 3 is 2.46 bits per heavy atom. The number of phenols is 1. The van der Waals surface area contributed by atoms with Crippen molar-refractivity contribution >= 4 is 28.5 Å². The highest BCUT2D eigenvalue weighted by atomic mass is 35.5. The van der Waals surface area contributed by atoms with E-state index in [2.05, 4.69) is 15.3 Å². The summed E-state index contributed by atoms with van der Waals surface area (Å²) in [5, 5.41) is 14.1. The van der Waals surface area contributed by atoms with Crippen LogP contribution in [0.3, 0.4) is 0 Å². The third-order valence-electron chi connectivity index (χ3n) is 4.57. The quantitative estimate of drug-likeness (QED) is 0.489. The van der Waals surface area contributed by atoms with Gasteiger partial charge in [-0.2, -0.15) is 0 Å². The fourth-order valence-corrected chi connectivity index (χ4v) is 3.43. The minimum absolute atomic E-state index is 0.207. The van der Waals surface area contributed by atoms with E-state index in [4.69, 9.17) is 16.3 Å². The van der Waals surface area contributed by atoms with Crippen LogP contribution in [0.2, 0.25) is 5.02 Å². The lowest BCUT2D eigenvalue weighted by atomic mass is 9.94. The number of hydrogen-bond donors (Lipinski definition) is 2. The van der Waals surface area contributed by atoms with Gasteiger partial charge in [-0.05, 0) is 47.0 Å². The number of phenolic OH excluding ortho intramolecular Hbond substituents is 1. The lowest BCUT2D eigenvalue weighted by molar-refractivity contribution is 0.420. The highest BCUT2D eigenvalue weighted by molar-refractivity contribution is 6.31. The van der Waals surface area contributed by atoms with E-state index in [1.165, 1.54) is 0 Å². The van der Waals surface area contributed by atoms with Gasteiger partial charge in [0.15, 0.2) is 5.75 Å². The molecule has 0 unspecified atom stereocenters. The Balaban J connectivity index is 2.09. The maximum atomic E-state index is 9.66. The van der Waals surface area contributed by atoms with Crippen LogP contribution >= 0.6 is 11.6 Å². The van der Waals surface area contributed by atoms with Crippen molar-refractivity contribution in [1.29, 1.82) is 0 Å². The molecule has 0 atom stereocenters. The summed E-state index contributed by atoms with van der Waals surface area (Å²) in [5.41, 5.74) is 4.38. The lowest BCUT2D eigenvalue weighted by Crippen LogP contribution is -2.00. The van der Waals surface area contributed by atoms with Crippen molar-refractivity contribution in [3.05, 3.63) is 65.8 Å². The second-order valence-corrected chi connectivity index (χ2v) is 6.70. The average Bonchev–Trinajstić information content (AvgIpc) is 2.72. The van der Waals surface area contributed by atoms with Crippen LogP contribution in [0.1, 0.15) is 0 Å². The molecular weight excluding hydrogens is 374 g/mol. The van der Waals surface area contributed by atoms with Crippen molar-refractivity contribution in [3.8, 4) is 33.8 Å².